The van der Waals surface area contributed by atoms with Crippen molar-refractivity contribution >= 4 is 29.4 Å². The summed E-state index contributed by atoms with van der Waals surface area (Å²) in [5, 5.41) is -0.193. The van der Waals surface area contributed by atoms with Gasteiger partial charge in [0.2, 0.25) is 0 Å². The van der Waals surface area contributed by atoms with Crippen LogP contribution < -0.4 is 0 Å². The highest BCUT2D eigenvalue weighted by Gasteiger charge is 2.31. The third-order valence-corrected chi connectivity index (χ3v) is 1.53. The molecule has 0 spiro atoms. The SMILES string of the molecule is ClB1OOCC1Cl. The third-order valence-electron chi connectivity index (χ3n) is 0.672. The minimum atomic E-state index is -0.471. The molecule has 0 bridgehead atoms. The Balaban J connectivity index is 2.33. The zero-order valence-electron chi connectivity index (χ0n) is 3.43. The normalized spacial score (nSPS) is 31.7. The lowest BCUT2D eigenvalue weighted by atomic mass is 9.95. The summed E-state index contributed by atoms with van der Waals surface area (Å²) >= 11 is 10.9. The van der Waals surface area contributed by atoms with Crippen molar-refractivity contribution in [3.63, 3.8) is 0 Å². The van der Waals surface area contributed by atoms with Gasteiger partial charge in [-0.15, -0.1) is 23.1 Å². The molecule has 1 atom stereocenters. The van der Waals surface area contributed by atoms with E-state index in [1.54, 1.807) is 0 Å². The second-order valence-corrected chi connectivity index (χ2v) is 2.24. The second-order valence-electron chi connectivity index (χ2n) is 1.25. The molecule has 0 N–H and O–H groups in total. The molecule has 1 aliphatic heterocycles. The fourth-order valence-electron chi connectivity index (χ4n) is 0.305. The van der Waals surface area contributed by atoms with Gasteiger partial charge >= 0.3 is 6.33 Å². The molecule has 0 radical (unpaired) electrons. The maximum atomic E-state index is 5.48. The lowest BCUT2D eigenvalue weighted by Crippen LogP contribution is -2.15. The molecule has 5 heteroatoms. The Morgan fingerprint density at radius 3 is 2.57 bits per heavy atom. The van der Waals surface area contributed by atoms with Crippen molar-refractivity contribution in [3.05, 3.63) is 0 Å². The second kappa shape index (κ2) is 2.22. The van der Waals surface area contributed by atoms with Gasteiger partial charge in [0.1, 0.15) is 0 Å². The van der Waals surface area contributed by atoms with Crippen molar-refractivity contribution in [2.24, 2.45) is 0 Å². The maximum Gasteiger partial charge on any atom is 0.459 e. The van der Waals surface area contributed by atoms with E-state index in [0.717, 1.165) is 0 Å². The van der Waals surface area contributed by atoms with Gasteiger partial charge in [0.15, 0.2) is 0 Å². The van der Waals surface area contributed by atoms with Crippen molar-refractivity contribution < 1.29 is 9.69 Å². The Morgan fingerprint density at radius 2 is 2.43 bits per heavy atom. The van der Waals surface area contributed by atoms with E-state index in [-0.39, 0.29) is 5.28 Å². The molecule has 2 nitrogen and oxygen atoms in total. The Morgan fingerprint density at radius 1 is 1.71 bits per heavy atom. The van der Waals surface area contributed by atoms with Gasteiger partial charge in [0.05, 0.1) is 11.9 Å². The van der Waals surface area contributed by atoms with E-state index in [0.29, 0.717) is 6.61 Å². The first-order valence-corrected chi connectivity index (χ1v) is 2.74. The molecule has 1 rings (SSSR count). The van der Waals surface area contributed by atoms with Crippen LogP contribution in [0.3, 0.4) is 0 Å². The van der Waals surface area contributed by atoms with E-state index in [4.69, 9.17) is 23.1 Å². The standard InChI is InChI=1S/C2H3BCl2O2/c4-2-1-6-7-3(2)5/h2H,1H2. The van der Waals surface area contributed by atoms with Gasteiger partial charge in [-0.25, -0.2) is 0 Å². The van der Waals surface area contributed by atoms with Crippen molar-refractivity contribution in [2.75, 3.05) is 6.61 Å². The van der Waals surface area contributed by atoms with Crippen molar-refractivity contribution in [3.8, 4) is 0 Å². The highest BCUT2D eigenvalue weighted by molar-refractivity contribution is 7.06. The first kappa shape index (κ1) is 5.70. The van der Waals surface area contributed by atoms with Gasteiger partial charge < -0.3 is 0 Å². The van der Waals surface area contributed by atoms with Crippen LogP contribution in [-0.2, 0) is 9.69 Å². The number of rotatable bonds is 0. The summed E-state index contributed by atoms with van der Waals surface area (Å²) in [6, 6.07) is 0. The van der Waals surface area contributed by atoms with E-state index in [1.807, 2.05) is 0 Å². The average Bonchev–Trinajstić information content (AvgIpc) is 1.91. The summed E-state index contributed by atoms with van der Waals surface area (Å²) < 4.78 is 0. The predicted octanol–water partition coefficient (Wildman–Crippen LogP) is 0.822. The maximum absolute atomic E-state index is 5.48. The van der Waals surface area contributed by atoms with Crippen LogP contribution in [0.1, 0.15) is 0 Å². The smallest absolute Gasteiger partial charge is 0.281 e. The molecule has 0 amide bonds. The molecule has 0 aromatic carbocycles. The molecule has 0 aliphatic carbocycles. The zero-order valence-corrected chi connectivity index (χ0v) is 4.95. The lowest BCUT2D eigenvalue weighted by molar-refractivity contribution is -0.183. The number of alkyl halides is 1. The first-order valence-electron chi connectivity index (χ1n) is 1.87. The summed E-state index contributed by atoms with van der Waals surface area (Å²) in [7, 11) is 0. The summed E-state index contributed by atoms with van der Waals surface area (Å²) in [5.74, 6) is 0. The Hall–Kier alpha value is 0.565. The zero-order chi connectivity index (χ0) is 5.28. The minimum absolute atomic E-state index is 0.193. The molecule has 1 heterocycles. The van der Waals surface area contributed by atoms with E-state index >= 15 is 0 Å². The van der Waals surface area contributed by atoms with Gasteiger partial charge in [-0.3, -0.25) is 9.69 Å². The molecule has 1 saturated heterocycles. The molecule has 1 aliphatic rings. The van der Waals surface area contributed by atoms with Crippen LogP contribution in [0.25, 0.3) is 0 Å². The van der Waals surface area contributed by atoms with Crippen LogP contribution in [-0.4, -0.2) is 18.2 Å². The molecule has 7 heavy (non-hydrogen) atoms. The highest BCUT2D eigenvalue weighted by atomic mass is 35.5. The minimum Gasteiger partial charge on any atom is -0.281 e. The Labute approximate surface area is 51.6 Å². The van der Waals surface area contributed by atoms with E-state index in [9.17, 15) is 0 Å². The summed E-state index contributed by atoms with van der Waals surface area (Å²) in [4.78, 5) is 8.80. The molecular weight excluding hydrogens is 138 g/mol. The van der Waals surface area contributed by atoms with Gasteiger partial charge in [0.25, 0.3) is 0 Å². The number of hydrogen-bond donors (Lipinski definition) is 0. The average molecular weight is 141 g/mol. The molecule has 0 aromatic heterocycles. The fourth-order valence-corrected chi connectivity index (χ4v) is 0.523. The van der Waals surface area contributed by atoms with Gasteiger partial charge in [-0.1, -0.05) is 0 Å². The molecule has 40 valence electrons. The monoisotopic (exact) mass is 140 g/mol. The number of halogens is 2. The van der Waals surface area contributed by atoms with Crippen LogP contribution >= 0.6 is 23.1 Å². The predicted molar refractivity (Wildman–Crippen MR) is 28.3 cm³/mol. The summed E-state index contributed by atoms with van der Waals surface area (Å²) in [6.45, 7) is 0.385. The third kappa shape index (κ3) is 1.23. The summed E-state index contributed by atoms with van der Waals surface area (Å²) in [5.41, 5.74) is 0. The van der Waals surface area contributed by atoms with Crippen LogP contribution in [0.5, 0.6) is 0 Å². The van der Waals surface area contributed by atoms with Gasteiger partial charge in [0, 0.05) is 0 Å². The van der Waals surface area contributed by atoms with Crippen LogP contribution in [0, 0.1) is 0 Å². The molecule has 0 aromatic rings. The largest absolute Gasteiger partial charge is 0.459 e. The Kier molecular flexibility index (Phi) is 1.81. The van der Waals surface area contributed by atoms with Crippen LogP contribution in [0.2, 0.25) is 0 Å². The Bertz CT molecular complexity index is 62.7. The molecule has 1 fully saturated rings. The lowest BCUT2D eigenvalue weighted by Gasteiger charge is -1.88. The highest BCUT2D eigenvalue weighted by Crippen LogP contribution is 2.14. The topological polar surface area (TPSA) is 18.5 Å². The molecule has 0 saturated carbocycles. The van der Waals surface area contributed by atoms with E-state index in [1.165, 1.54) is 0 Å². The fraction of sp³-hybridized carbons (Fsp3) is 1.00. The van der Waals surface area contributed by atoms with Crippen molar-refractivity contribution in [2.45, 2.75) is 5.28 Å². The van der Waals surface area contributed by atoms with Crippen LogP contribution in [0.15, 0.2) is 0 Å². The van der Waals surface area contributed by atoms with E-state index in [2.05, 4.69) is 9.69 Å². The number of hydrogen-bond acceptors (Lipinski definition) is 2. The molecule has 1 unspecified atom stereocenters. The van der Waals surface area contributed by atoms with Gasteiger partial charge in [-0.05, 0) is 0 Å². The molecular formula is C2H3BCl2O2. The van der Waals surface area contributed by atoms with Gasteiger partial charge in [-0.2, -0.15) is 0 Å². The van der Waals surface area contributed by atoms with Crippen molar-refractivity contribution in [1.82, 2.24) is 0 Å². The summed E-state index contributed by atoms with van der Waals surface area (Å²) in [6.07, 6.45) is -0.471. The quantitative estimate of drug-likeness (QED) is 0.282. The van der Waals surface area contributed by atoms with E-state index < -0.39 is 6.33 Å². The first-order chi connectivity index (χ1) is 3.30. The van der Waals surface area contributed by atoms with Crippen molar-refractivity contribution in [1.29, 1.82) is 0 Å². The van der Waals surface area contributed by atoms with Crippen LogP contribution in [0.4, 0.5) is 0 Å².